The van der Waals surface area contributed by atoms with Gasteiger partial charge in [0.15, 0.2) is 0 Å². The summed E-state index contributed by atoms with van der Waals surface area (Å²) in [4.78, 5) is 7.50. The second-order valence-corrected chi connectivity index (χ2v) is 9.14. The summed E-state index contributed by atoms with van der Waals surface area (Å²) in [6.45, 7) is 8.85. The summed E-state index contributed by atoms with van der Waals surface area (Å²) in [5.74, 6) is 0. The molecule has 1 aliphatic heterocycles. The van der Waals surface area contributed by atoms with Gasteiger partial charge in [-0.25, -0.2) is 4.98 Å². The lowest BCUT2D eigenvalue weighted by Gasteiger charge is -2.48. The summed E-state index contributed by atoms with van der Waals surface area (Å²) >= 11 is 1.79. The van der Waals surface area contributed by atoms with E-state index in [1.54, 1.807) is 11.3 Å². The lowest BCUT2D eigenvalue weighted by Crippen LogP contribution is -2.52. The lowest BCUT2D eigenvalue weighted by molar-refractivity contribution is 0.0678. The van der Waals surface area contributed by atoms with Gasteiger partial charge in [0.1, 0.15) is 5.01 Å². The molecule has 0 spiro atoms. The van der Waals surface area contributed by atoms with Crippen LogP contribution in [0.3, 0.4) is 0 Å². The Morgan fingerprint density at radius 1 is 0.964 bits per heavy atom. The van der Waals surface area contributed by atoms with Crippen LogP contribution in [0.25, 0.3) is 0 Å². The molecule has 1 N–H and O–H groups in total. The third-order valence-corrected chi connectivity index (χ3v) is 7.24. The fourth-order valence-corrected chi connectivity index (χ4v) is 5.25. The van der Waals surface area contributed by atoms with Crippen molar-refractivity contribution >= 4 is 17.0 Å². The molecule has 3 nitrogen and oxygen atoms in total. The molecule has 0 aliphatic carbocycles. The fourth-order valence-electron chi connectivity index (χ4n) is 4.24. The van der Waals surface area contributed by atoms with E-state index in [-0.39, 0.29) is 11.1 Å². The number of rotatable bonds is 5. The zero-order chi connectivity index (χ0) is 19.6. The number of aryl methyl sites for hydroxylation is 1. The second-order valence-electron chi connectivity index (χ2n) is 8.28. The highest BCUT2D eigenvalue weighted by Gasteiger charge is 2.42. The number of aromatic nitrogens is 1. The Bertz CT molecular complexity index is 894. The van der Waals surface area contributed by atoms with E-state index in [1.165, 1.54) is 16.3 Å². The predicted molar refractivity (Wildman–Crippen MR) is 119 cm³/mol. The van der Waals surface area contributed by atoms with Crippen molar-refractivity contribution in [2.24, 2.45) is 0 Å². The molecule has 0 saturated carbocycles. The van der Waals surface area contributed by atoms with E-state index in [0.717, 1.165) is 31.6 Å². The zero-order valence-electron chi connectivity index (χ0n) is 17.0. The van der Waals surface area contributed by atoms with E-state index in [1.807, 2.05) is 0 Å². The van der Waals surface area contributed by atoms with E-state index in [0.29, 0.717) is 0 Å². The van der Waals surface area contributed by atoms with Crippen molar-refractivity contribution in [1.29, 1.82) is 0 Å². The first kappa shape index (κ1) is 19.2. The van der Waals surface area contributed by atoms with Crippen LogP contribution in [0.4, 0.5) is 5.69 Å². The number of likely N-dealkylation sites (tertiary alicyclic amines) is 1. The Hall–Kier alpha value is -2.17. The highest BCUT2D eigenvalue weighted by Crippen LogP contribution is 2.41. The molecule has 1 saturated heterocycles. The minimum absolute atomic E-state index is 0.0267. The van der Waals surface area contributed by atoms with Gasteiger partial charge in [-0.3, -0.25) is 4.90 Å². The summed E-state index contributed by atoms with van der Waals surface area (Å²) in [7, 11) is 0. The van der Waals surface area contributed by atoms with Crippen LogP contribution >= 0.6 is 11.3 Å². The molecular formula is C24H29N3S. The van der Waals surface area contributed by atoms with Crippen LogP contribution in [-0.4, -0.2) is 23.0 Å². The Morgan fingerprint density at radius 2 is 1.57 bits per heavy atom. The van der Waals surface area contributed by atoms with Crippen molar-refractivity contribution in [3.05, 3.63) is 82.3 Å². The number of thiazole rings is 1. The highest BCUT2D eigenvalue weighted by atomic mass is 32.1. The number of piperidine rings is 1. The van der Waals surface area contributed by atoms with E-state index >= 15 is 0 Å². The number of hydrogen-bond acceptors (Lipinski definition) is 4. The van der Waals surface area contributed by atoms with Crippen molar-refractivity contribution in [1.82, 2.24) is 9.88 Å². The van der Waals surface area contributed by atoms with E-state index < -0.39 is 0 Å². The Kier molecular flexibility index (Phi) is 5.26. The van der Waals surface area contributed by atoms with Crippen LogP contribution in [0, 0.1) is 6.92 Å². The van der Waals surface area contributed by atoms with Gasteiger partial charge < -0.3 is 5.32 Å². The molecule has 0 unspecified atom stereocenters. The maximum atomic E-state index is 4.89. The number of nitrogens with one attached hydrogen (secondary N) is 1. The van der Waals surface area contributed by atoms with Gasteiger partial charge in [0.05, 0.1) is 5.54 Å². The predicted octanol–water partition coefficient (Wildman–Crippen LogP) is 5.79. The van der Waals surface area contributed by atoms with Crippen molar-refractivity contribution in [3.8, 4) is 0 Å². The van der Waals surface area contributed by atoms with Gasteiger partial charge in [-0.2, -0.15) is 0 Å². The van der Waals surface area contributed by atoms with Crippen molar-refractivity contribution in [2.75, 3.05) is 18.4 Å². The van der Waals surface area contributed by atoms with Crippen molar-refractivity contribution < 1.29 is 0 Å². The van der Waals surface area contributed by atoms with Gasteiger partial charge in [0.25, 0.3) is 0 Å². The van der Waals surface area contributed by atoms with E-state index in [4.69, 9.17) is 4.98 Å². The smallest absolute Gasteiger partial charge is 0.118 e. The Morgan fingerprint density at radius 3 is 2.14 bits per heavy atom. The second kappa shape index (κ2) is 7.69. The molecule has 146 valence electrons. The molecule has 1 fully saturated rings. The van der Waals surface area contributed by atoms with Gasteiger partial charge in [-0.05, 0) is 51.3 Å². The minimum Gasteiger partial charge on any atom is -0.373 e. The third kappa shape index (κ3) is 3.71. The quantitative estimate of drug-likeness (QED) is 0.597. The van der Waals surface area contributed by atoms with Gasteiger partial charge in [-0.1, -0.05) is 48.5 Å². The first-order valence-corrected chi connectivity index (χ1v) is 10.9. The van der Waals surface area contributed by atoms with Gasteiger partial charge in [-0.15, -0.1) is 11.3 Å². The SMILES string of the molecule is Cc1csc(C2(Nc3ccccc3)CCN(C(C)(C)c3ccccc3)CC2)n1. The molecule has 1 aromatic heterocycles. The summed E-state index contributed by atoms with van der Waals surface area (Å²) in [5, 5.41) is 7.24. The van der Waals surface area contributed by atoms with Gasteiger partial charge in [0.2, 0.25) is 0 Å². The van der Waals surface area contributed by atoms with Crippen LogP contribution in [0.2, 0.25) is 0 Å². The minimum atomic E-state index is -0.0937. The zero-order valence-corrected chi connectivity index (χ0v) is 17.8. The maximum Gasteiger partial charge on any atom is 0.118 e. The highest BCUT2D eigenvalue weighted by molar-refractivity contribution is 7.09. The fraction of sp³-hybridized carbons (Fsp3) is 0.375. The normalized spacial score (nSPS) is 17.4. The van der Waals surface area contributed by atoms with Crippen molar-refractivity contribution in [3.63, 3.8) is 0 Å². The maximum absolute atomic E-state index is 4.89. The number of para-hydroxylation sites is 1. The average molecular weight is 392 g/mol. The van der Waals surface area contributed by atoms with E-state index in [9.17, 15) is 0 Å². The molecule has 4 rings (SSSR count). The molecular weight excluding hydrogens is 362 g/mol. The molecule has 0 bridgehead atoms. The molecule has 2 aromatic carbocycles. The molecule has 2 heterocycles. The molecule has 28 heavy (non-hydrogen) atoms. The molecule has 0 amide bonds. The van der Waals surface area contributed by atoms with Crippen LogP contribution < -0.4 is 5.32 Å². The lowest BCUT2D eigenvalue weighted by atomic mass is 9.83. The largest absolute Gasteiger partial charge is 0.373 e. The standard InChI is InChI=1S/C24H29N3S/c1-19-18-28-22(25-19)24(26-21-12-8-5-9-13-21)14-16-27(17-15-24)23(2,3)20-10-6-4-7-11-20/h4-13,18,26H,14-17H2,1-3H3. The summed E-state index contributed by atoms with van der Waals surface area (Å²) in [6, 6.07) is 21.4. The van der Waals surface area contributed by atoms with Gasteiger partial charge >= 0.3 is 0 Å². The summed E-state index contributed by atoms with van der Waals surface area (Å²) in [5.41, 5.74) is 3.60. The monoisotopic (exact) mass is 391 g/mol. The van der Waals surface area contributed by atoms with Crippen LogP contribution in [0.15, 0.2) is 66.0 Å². The number of hydrogen-bond donors (Lipinski definition) is 1. The van der Waals surface area contributed by atoms with Crippen LogP contribution in [0.5, 0.6) is 0 Å². The van der Waals surface area contributed by atoms with Gasteiger partial charge in [0, 0.05) is 35.4 Å². The summed E-state index contributed by atoms with van der Waals surface area (Å²) < 4.78 is 0. The number of benzene rings is 2. The summed E-state index contributed by atoms with van der Waals surface area (Å²) in [6.07, 6.45) is 2.09. The molecule has 0 radical (unpaired) electrons. The molecule has 4 heteroatoms. The van der Waals surface area contributed by atoms with E-state index in [2.05, 4.69) is 97.0 Å². The molecule has 3 aromatic rings. The Balaban J connectivity index is 1.59. The van der Waals surface area contributed by atoms with Crippen LogP contribution in [0.1, 0.15) is 43.0 Å². The Labute approximate surface area is 172 Å². The third-order valence-electron chi connectivity index (χ3n) is 6.07. The van der Waals surface area contributed by atoms with Crippen molar-refractivity contribution in [2.45, 2.75) is 44.7 Å². The first-order valence-electron chi connectivity index (χ1n) is 10.1. The first-order chi connectivity index (χ1) is 13.5. The van der Waals surface area contributed by atoms with Crippen LogP contribution in [-0.2, 0) is 11.1 Å². The molecule has 0 atom stereocenters. The number of anilines is 1. The average Bonchev–Trinajstić information content (AvgIpc) is 3.17. The number of nitrogens with zero attached hydrogens (tertiary/aromatic N) is 2. The molecule has 1 aliphatic rings. The topological polar surface area (TPSA) is 28.2 Å².